The van der Waals surface area contributed by atoms with Crippen LogP contribution in [0.1, 0.15) is 11.1 Å². The van der Waals surface area contributed by atoms with E-state index >= 15 is 0 Å². The number of nitrogens with zero attached hydrogens (tertiary/aromatic N) is 3. The van der Waals surface area contributed by atoms with Crippen molar-refractivity contribution in [3.63, 3.8) is 0 Å². The van der Waals surface area contributed by atoms with Gasteiger partial charge in [0, 0.05) is 23.6 Å². The van der Waals surface area contributed by atoms with Gasteiger partial charge in [-0.3, -0.25) is 4.68 Å². The maximum absolute atomic E-state index is 4.11. The molecule has 0 bridgehead atoms. The van der Waals surface area contributed by atoms with Crippen molar-refractivity contribution in [1.82, 2.24) is 14.8 Å². The van der Waals surface area contributed by atoms with E-state index in [0.717, 1.165) is 31.6 Å². The maximum atomic E-state index is 4.11. The van der Waals surface area contributed by atoms with E-state index < -0.39 is 0 Å². The molecule has 1 aliphatic heterocycles. The highest BCUT2D eigenvalue weighted by Crippen LogP contribution is 2.31. The Morgan fingerprint density at radius 2 is 1.91 bits per heavy atom. The van der Waals surface area contributed by atoms with Gasteiger partial charge in [0.1, 0.15) is 12.7 Å². The average Bonchev–Trinajstić information content (AvgIpc) is 3.02. The third-order valence-electron chi connectivity index (χ3n) is 4.20. The molecule has 0 unspecified atom stereocenters. The summed E-state index contributed by atoms with van der Waals surface area (Å²) in [6.45, 7) is 1.62. The summed E-state index contributed by atoms with van der Waals surface area (Å²) in [6, 6.07) is 15.1. The first kappa shape index (κ1) is 13.8. The van der Waals surface area contributed by atoms with E-state index in [1.807, 2.05) is 4.68 Å². The number of aromatic nitrogens is 3. The Balaban J connectivity index is 1.49. The van der Waals surface area contributed by atoms with Gasteiger partial charge in [0.2, 0.25) is 0 Å². The van der Waals surface area contributed by atoms with Crippen molar-refractivity contribution in [3.8, 4) is 0 Å². The molecule has 0 spiro atoms. The summed E-state index contributed by atoms with van der Waals surface area (Å²) in [5, 5.41) is 11.1. The smallest absolute Gasteiger partial charge is 0.137 e. The van der Waals surface area contributed by atoms with Gasteiger partial charge in [0.15, 0.2) is 0 Å². The lowest BCUT2D eigenvalue weighted by Crippen LogP contribution is -2.11. The normalized spacial score (nSPS) is 12.7. The molecule has 116 valence electrons. The number of para-hydroxylation sites is 1. The fraction of sp³-hybridized carbons (Fsp3) is 0.222. The predicted molar refractivity (Wildman–Crippen MR) is 92.1 cm³/mol. The van der Waals surface area contributed by atoms with E-state index in [1.165, 1.54) is 22.5 Å². The minimum absolute atomic E-state index is 0.799. The number of hydrogen-bond donors (Lipinski definition) is 2. The van der Waals surface area contributed by atoms with Crippen LogP contribution < -0.4 is 10.6 Å². The van der Waals surface area contributed by atoms with E-state index in [1.54, 1.807) is 12.7 Å². The minimum atomic E-state index is 0.799. The number of fused-ring (bicyclic) bond motifs is 2. The molecule has 0 saturated heterocycles. The number of anilines is 3. The second kappa shape index (κ2) is 6.12. The minimum Gasteiger partial charge on any atom is -0.383 e. The summed E-state index contributed by atoms with van der Waals surface area (Å²) < 4.78 is 1.82. The molecule has 0 fully saturated rings. The van der Waals surface area contributed by atoms with E-state index in [9.17, 15) is 0 Å². The molecule has 3 aromatic rings. The summed E-state index contributed by atoms with van der Waals surface area (Å²) in [7, 11) is 0. The van der Waals surface area contributed by atoms with Gasteiger partial charge in [-0.05, 0) is 42.2 Å². The number of benzene rings is 2. The van der Waals surface area contributed by atoms with E-state index in [0.29, 0.717) is 0 Å². The second-order valence-corrected chi connectivity index (χ2v) is 5.74. The van der Waals surface area contributed by atoms with Gasteiger partial charge in [-0.15, -0.1) is 0 Å². The van der Waals surface area contributed by atoms with Crippen molar-refractivity contribution in [3.05, 3.63) is 66.2 Å². The molecule has 5 nitrogen and oxygen atoms in total. The van der Waals surface area contributed by atoms with Crippen molar-refractivity contribution in [2.75, 3.05) is 17.2 Å². The predicted octanol–water partition coefficient (Wildman–Crippen LogP) is 3.23. The lowest BCUT2D eigenvalue weighted by atomic mass is 10.0. The fourth-order valence-electron chi connectivity index (χ4n) is 2.96. The highest BCUT2D eigenvalue weighted by molar-refractivity contribution is 5.71. The number of hydrogen-bond acceptors (Lipinski definition) is 4. The van der Waals surface area contributed by atoms with Crippen molar-refractivity contribution in [2.45, 2.75) is 19.4 Å². The molecular weight excluding hydrogens is 286 g/mol. The van der Waals surface area contributed by atoms with Gasteiger partial charge in [-0.25, -0.2) is 4.98 Å². The Hall–Kier alpha value is -2.82. The first-order chi connectivity index (χ1) is 11.4. The molecule has 0 aliphatic carbocycles. The Labute approximate surface area is 135 Å². The number of nitrogens with one attached hydrogen (secondary N) is 2. The van der Waals surface area contributed by atoms with Gasteiger partial charge in [-0.1, -0.05) is 24.3 Å². The van der Waals surface area contributed by atoms with Gasteiger partial charge in [-0.2, -0.15) is 5.10 Å². The average molecular weight is 305 g/mol. The molecule has 2 aromatic carbocycles. The molecule has 1 aliphatic rings. The van der Waals surface area contributed by atoms with E-state index in [-0.39, 0.29) is 0 Å². The van der Waals surface area contributed by atoms with Crippen LogP contribution in [0.5, 0.6) is 0 Å². The lowest BCUT2D eigenvalue weighted by molar-refractivity contribution is 0.636. The highest BCUT2D eigenvalue weighted by Gasteiger charge is 2.12. The van der Waals surface area contributed by atoms with Crippen molar-refractivity contribution < 1.29 is 0 Å². The molecule has 5 heteroatoms. The summed E-state index contributed by atoms with van der Waals surface area (Å²) in [5.74, 6) is 0. The quantitative estimate of drug-likeness (QED) is 0.777. The van der Waals surface area contributed by atoms with Crippen LogP contribution in [0.3, 0.4) is 0 Å². The van der Waals surface area contributed by atoms with Crippen LogP contribution in [-0.4, -0.2) is 21.3 Å². The summed E-state index contributed by atoms with van der Waals surface area (Å²) >= 11 is 0. The molecule has 0 radical (unpaired) electrons. The van der Waals surface area contributed by atoms with Crippen LogP contribution in [0.15, 0.2) is 55.1 Å². The zero-order valence-corrected chi connectivity index (χ0v) is 12.9. The maximum Gasteiger partial charge on any atom is 0.137 e. The Morgan fingerprint density at radius 3 is 2.78 bits per heavy atom. The SMILES string of the molecule is c1ccc2c(c1)CCc1ccc(NCCn3cncn3)cc1N2. The van der Waals surface area contributed by atoms with Crippen LogP contribution >= 0.6 is 0 Å². The molecular formula is C18H19N5. The van der Waals surface area contributed by atoms with Gasteiger partial charge >= 0.3 is 0 Å². The first-order valence-electron chi connectivity index (χ1n) is 7.93. The topological polar surface area (TPSA) is 54.8 Å². The van der Waals surface area contributed by atoms with Crippen LogP contribution in [0.2, 0.25) is 0 Å². The van der Waals surface area contributed by atoms with Crippen molar-refractivity contribution in [2.24, 2.45) is 0 Å². The van der Waals surface area contributed by atoms with Crippen LogP contribution in [-0.2, 0) is 19.4 Å². The zero-order chi connectivity index (χ0) is 15.5. The Bertz CT molecular complexity index is 795. The Kier molecular flexibility index (Phi) is 3.68. The summed E-state index contributed by atoms with van der Waals surface area (Å²) in [6.07, 6.45) is 5.44. The van der Waals surface area contributed by atoms with Crippen LogP contribution in [0, 0.1) is 0 Å². The molecule has 0 amide bonds. The summed E-state index contributed by atoms with van der Waals surface area (Å²) in [4.78, 5) is 3.95. The molecule has 23 heavy (non-hydrogen) atoms. The van der Waals surface area contributed by atoms with Gasteiger partial charge in [0.25, 0.3) is 0 Å². The van der Waals surface area contributed by atoms with Crippen molar-refractivity contribution in [1.29, 1.82) is 0 Å². The standard InChI is InChI=1S/C18H19N5/c1-2-4-17-14(3-1)5-6-15-7-8-16(11-18(15)22-17)20-9-10-23-13-19-12-21-23/h1-4,7-8,11-13,20,22H,5-6,9-10H2. The van der Waals surface area contributed by atoms with Gasteiger partial charge < -0.3 is 10.6 Å². The fourth-order valence-corrected chi connectivity index (χ4v) is 2.96. The molecule has 1 aromatic heterocycles. The van der Waals surface area contributed by atoms with E-state index in [2.05, 4.69) is 63.2 Å². The zero-order valence-electron chi connectivity index (χ0n) is 12.9. The third kappa shape index (κ3) is 3.04. The molecule has 2 heterocycles. The van der Waals surface area contributed by atoms with E-state index in [4.69, 9.17) is 0 Å². The summed E-state index contributed by atoms with van der Waals surface area (Å²) in [5.41, 5.74) is 6.27. The number of aryl methyl sites for hydroxylation is 2. The second-order valence-electron chi connectivity index (χ2n) is 5.74. The molecule has 0 saturated carbocycles. The lowest BCUT2D eigenvalue weighted by Gasteiger charge is -2.13. The monoisotopic (exact) mass is 305 g/mol. The van der Waals surface area contributed by atoms with Crippen LogP contribution in [0.4, 0.5) is 17.1 Å². The highest BCUT2D eigenvalue weighted by atomic mass is 15.3. The first-order valence-corrected chi connectivity index (χ1v) is 7.93. The largest absolute Gasteiger partial charge is 0.383 e. The third-order valence-corrected chi connectivity index (χ3v) is 4.20. The molecule has 2 N–H and O–H groups in total. The van der Waals surface area contributed by atoms with Crippen LogP contribution in [0.25, 0.3) is 0 Å². The van der Waals surface area contributed by atoms with Gasteiger partial charge in [0.05, 0.1) is 6.54 Å². The molecule has 4 rings (SSSR count). The number of rotatable bonds is 4. The van der Waals surface area contributed by atoms with Crippen molar-refractivity contribution >= 4 is 17.1 Å². The Morgan fingerprint density at radius 1 is 1.04 bits per heavy atom. The molecule has 0 atom stereocenters.